The summed E-state index contributed by atoms with van der Waals surface area (Å²) in [6.45, 7) is 9.65. The third-order valence-electron chi connectivity index (χ3n) is 4.61. The number of nitrogens with one attached hydrogen (secondary N) is 1. The molecule has 0 aromatic rings. The van der Waals surface area contributed by atoms with Crippen LogP contribution in [0.2, 0.25) is 0 Å². The van der Waals surface area contributed by atoms with Gasteiger partial charge in [0, 0.05) is 46.4 Å². The van der Waals surface area contributed by atoms with E-state index in [1.54, 1.807) is 14.0 Å². The fraction of sp³-hybridized carbons (Fsp3) is 0.882. The zero-order chi connectivity index (χ0) is 18.2. The van der Waals surface area contributed by atoms with E-state index < -0.39 is 5.54 Å². The fourth-order valence-corrected chi connectivity index (χ4v) is 3.04. The Hall–Kier alpha value is -0.890. The Morgan fingerprint density at radius 3 is 2.40 bits per heavy atom. The lowest BCUT2D eigenvalue weighted by molar-refractivity contribution is -0.139. The number of hydrogen-bond acceptors (Lipinski definition) is 5. The molecule has 3 N–H and O–H groups in total. The van der Waals surface area contributed by atoms with Gasteiger partial charge in [-0.2, -0.15) is 0 Å². The normalized spacial score (nSPS) is 18.8. The number of hydrogen-bond donors (Lipinski definition) is 2. The van der Waals surface area contributed by atoms with E-state index in [4.69, 9.17) is 10.5 Å². The first kappa shape index (κ1) is 24.1. The molecule has 2 unspecified atom stereocenters. The zero-order valence-corrected chi connectivity index (χ0v) is 16.9. The molecule has 1 aliphatic heterocycles. The minimum atomic E-state index is -0.790. The van der Waals surface area contributed by atoms with E-state index in [0.29, 0.717) is 45.8 Å². The summed E-state index contributed by atoms with van der Waals surface area (Å²) in [5, 5.41) is 2.93. The molecule has 8 heteroatoms. The van der Waals surface area contributed by atoms with Crippen LogP contribution in [0.4, 0.5) is 0 Å². The summed E-state index contributed by atoms with van der Waals surface area (Å²) in [5.74, 6) is 0.0428. The van der Waals surface area contributed by atoms with E-state index >= 15 is 0 Å². The predicted octanol–water partition coefficient (Wildman–Crippen LogP) is 0.611. The molecule has 25 heavy (non-hydrogen) atoms. The van der Waals surface area contributed by atoms with Gasteiger partial charge in [-0.25, -0.2) is 0 Å². The van der Waals surface area contributed by atoms with Gasteiger partial charge in [0.15, 0.2) is 0 Å². The summed E-state index contributed by atoms with van der Waals surface area (Å²) in [4.78, 5) is 28.6. The molecular formula is C17H35ClN4O3. The topological polar surface area (TPSA) is 87.9 Å². The van der Waals surface area contributed by atoms with Crippen molar-refractivity contribution >= 4 is 24.2 Å². The van der Waals surface area contributed by atoms with Crippen LogP contribution in [0.5, 0.6) is 0 Å². The third-order valence-corrected chi connectivity index (χ3v) is 4.61. The molecule has 1 fully saturated rings. The molecule has 0 aromatic carbocycles. The minimum absolute atomic E-state index is 0. The van der Waals surface area contributed by atoms with E-state index in [-0.39, 0.29) is 30.3 Å². The number of carbonyl (C=O) groups is 2. The van der Waals surface area contributed by atoms with E-state index in [1.807, 2.05) is 18.7 Å². The molecule has 0 radical (unpaired) electrons. The number of amides is 2. The first-order chi connectivity index (χ1) is 11.3. The highest BCUT2D eigenvalue weighted by molar-refractivity contribution is 5.86. The van der Waals surface area contributed by atoms with Crippen LogP contribution in [0.3, 0.4) is 0 Å². The number of piperazine rings is 1. The summed E-state index contributed by atoms with van der Waals surface area (Å²) in [7, 11) is 1.65. The number of nitrogens with zero attached hydrogens (tertiary/aromatic N) is 2. The van der Waals surface area contributed by atoms with Gasteiger partial charge in [0.2, 0.25) is 11.8 Å². The van der Waals surface area contributed by atoms with Crippen molar-refractivity contribution < 1.29 is 14.3 Å². The summed E-state index contributed by atoms with van der Waals surface area (Å²) >= 11 is 0. The van der Waals surface area contributed by atoms with Crippen LogP contribution in [0, 0.1) is 0 Å². The minimum Gasteiger partial charge on any atom is -0.385 e. The summed E-state index contributed by atoms with van der Waals surface area (Å²) in [6.07, 6.45) is 2.38. The second-order valence-corrected chi connectivity index (χ2v) is 6.81. The molecular weight excluding hydrogens is 344 g/mol. The van der Waals surface area contributed by atoms with Crippen LogP contribution in [0.1, 0.15) is 40.0 Å². The highest BCUT2D eigenvalue weighted by atomic mass is 35.5. The average Bonchev–Trinajstić information content (AvgIpc) is 2.57. The van der Waals surface area contributed by atoms with E-state index in [2.05, 4.69) is 10.2 Å². The Morgan fingerprint density at radius 2 is 1.88 bits per heavy atom. The molecule has 148 valence electrons. The van der Waals surface area contributed by atoms with Gasteiger partial charge in [-0.05, 0) is 26.7 Å². The molecule has 1 heterocycles. The van der Waals surface area contributed by atoms with Gasteiger partial charge in [-0.3, -0.25) is 14.5 Å². The Bertz CT molecular complexity index is 413. The van der Waals surface area contributed by atoms with Crippen LogP contribution in [0.15, 0.2) is 0 Å². The first-order valence-corrected chi connectivity index (χ1v) is 8.92. The average molecular weight is 379 g/mol. The lowest BCUT2D eigenvalue weighted by atomic mass is 9.95. The number of ether oxygens (including phenoxy) is 1. The maximum atomic E-state index is 12.5. The molecule has 1 saturated heterocycles. The quantitative estimate of drug-likeness (QED) is 0.574. The van der Waals surface area contributed by atoms with Crippen LogP contribution < -0.4 is 11.1 Å². The molecule has 0 aromatic heterocycles. The number of methoxy groups -OCH3 is 1. The number of nitrogens with two attached hydrogens (primary N) is 1. The van der Waals surface area contributed by atoms with Crippen LogP contribution in [-0.2, 0) is 14.3 Å². The fourth-order valence-electron chi connectivity index (χ4n) is 3.04. The van der Waals surface area contributed by atoms with Crippen molar-refractivity contribution in [2.75, 3.05) is 46.4 Å². The van der Waals surface area contributed by atoms with E-state index in [1.165, 1.54) is 0 Å². The maximum absolute atomic E-state index is 12.5. The van der Waals surface area contributed by atoms with Gasteiger partial charge < -0.3 is 20.7 Å². The van der Waals surface area contributed by atoms with Crippen molar-refractivity contribution in [1.29, 1.82) is 0 Å². The van der Waals surface area contributed by atoms with Crippen LogP contribution in [-0.4, -0.2) is 79.6 Å². The summed E-state index contributed by atoms with van der Waals surface area (Å²) < 4.78 is 4.97. The highest BCUT2D eigenvalue weighted by Crippen LogP contribution is 2.15. The molecule has 7 nitrogen and oxygen atoms in total. The van der Waals surface area contributed by atoms with Crippen molar-refractivity contribution in [2.45, 2.75) is 51.6 Å². The monoisotopic (exact) mass is 378 g/mol. The Kier molecular flexibility index (Phi) is 11.3. The maximum Gasteiger partial charge on any atom is 0.242 e. The Morgan fingerprint density at radius 1 is 1.28 bits per heavy atom. The molecule has 1 aliphatic rings. The molecule has 0 saturated carbocycles. The number of rotatable bonds is 9. The van der Waals surface area contributed by atoms with Gasteiger partial charge in [-0.1, -0.05) is 13.3 Å². The third kappa shape index (κ3) is 7.48. The summed E-state index contributed by atoms with van der Waals surface area (Å²) in [5.41, 5.74) is 5.35. The molecule has 0 aliphatic carbocycles. The smallest absolute Gasteiger partial charge is 0.242 e. The van der Waals surface area contributed by atoms with E-state index in [0.717, 1.165) is 12.8 Å². The standard InChI is InChI=1S/C17H34N4O3.ClH/c1-5-7-17(3,18)16(23)21-11-9-20(10-12-21)14(2)15(22)19-8-6-13-24-4;/h14H,5-13,18H2,1-4H3,(H,19,22);1H. The Balaban J connectivity index is 0.00000576. The molecule has 1 rings (SSSR count). The van der Waals surface area contributed by atoms with E-state index in [9.17, 15) is 9.59 Å². The van der Waals surface area contributed by atoms with Crippen molar-refractivity contribution in [2.24, 2.45) is 5.73 Å². The van der Waals surface area contributed by atoms with Gasteiger partial charge in [0.05, 0.1) is 11.6 Å². The molecule has 0 spiro atoms. The zero-order valence-electron chi connectivity index (χ0n) is 16.0. The SMILES string of the molecule is CCCC(C)(N)C(=O)N1CCN(C(C)C(=O)NCCCOC)CC1.Cl. The first-order valence-electron chi connectivity index (χ1n) is 8.92. The Labute approximate surface area is 158 Å². The van der Waals surface area contributed by atoms with Gasteiger partial charge in [0.25, 0.3) is 0 Å². The largest absolute Gasteiger partial charge is 0.385 e. The van der Waals surface area contributed by atoms with Crippen molar-refractivity contribution in [3.8, 4) is 0 Å². The van der Waals surface area contributed by atoms with Crippen LogP contribution in [0.25, 0.3) is 0 Å². The molecule has 2 amide bonds. The second-order valence-electron chi connectivity index (χ2n) is 6.81. The lowest BCUT2D eigenvalue weighted by Crippen LogP contribution is -2.60. The number of halogens is 1. The second kappa shape index (κ2) is 11.7. The van der Waals surface area contributed by atoms with Gasteiger partial charge >= 0.3 is 0 Å². The van der Waals surface area contributed by atoms with Crippen molar-refractivity contribution in [3.63, 3.8) is 0 Å². The van der Waals surface area contributed by atoms with Gasteiger partial charge in [0.1, 0.15) is 0 Å². The van der Waals surface area contributed by atoms with Crippen LogP contribution >= 0.6 is 12.4 Å². The highest BCUT2D eigenvalue weighted by Gasteiger charge is 2.34. The molecule has 2 atom stereocenters. The number of carbonyl (C=O) groups excluding carboxylic acids is 2. The van der Waals surface area contributed by atoms with Crippen molar-refractivity contribution in [1.82, 2.24) is 15.1 Å². The predicted molar refractivity (Wildman–Crippen MR) is 102 cm³/mol. The molecule has 0 bridgehead atoms. The lowest BCUT2D eigenvalue weighted by Gasteiger charge is -2.40. The van der Waals surface area contributed by atoms with Crippen molar-refractivity contribution in [3.05, 3.63) is 0 Å². The summed E-state index contributed by atoms with van der Waals surface area (Å²) in [6, 6.07) is -0.190. The van der Waals surface area contributed by atoms with Gasteiger partial charge in [-0.15, -0.1) is 12.4 Å².